The maximum absolute atomic E-state index is 12.7. The van der Waals surface area contributed by atoms with Gasteiger partial charge in [-0.05, 0) is 31.4 Å². The molecule has 25 heavy (non-hydrogen) atoms. The average molecular weight is 341 g/mol. The Hall–Kier alpha value is -2.70. The molecule has 1 aliphatic heterocycles. The van der Waals surface area contributed by atoms with Crippen molar-refractivity contribution >= 4 is 11.8 Å². The first-order chi connectivity index (χ1) is 12.1. The molecule has 0 atom stereocenters. The normalized spacial score (nSPS) is 15.2. The van der Waals surface area contributed by atoms with Crippen molar-refractivity contribution in [3.63, 3.8) is 0 Å². The van der Waals surface area contributed by atoms with E-state index >= 15 is 0 Å². The number of carbonyl (C=O) groups is 2. The molecular formula is C18H23N5O2. The van der Waals surface area contributed by atoms with Gasteiger partial charge in [0, 0.05) is 32.3 Å². The molecule has 2 aromatic rings. The number of aromatic nitrogens is 3. The second-order valence-corrected chi connectivity index (χ2v) is 6.21. The minimum absolute atomic E-state index is 0.0889. The summed E-state index contributed by atoms with van der Waals surface area (Å²) in [6.07, 6.45) is 5.55. The summed E-state index contributed by atoms with van der Waals surface area (Å²) in [4.78, 5) is 30.2. The third-order valence-corrected chi connectivity index (χ3v) is 4.59. The zero-order valence-corrected chi connectivity index (χ0v) is 14.6. The van der Waals surface area contributed by atoms with Gasteiger partial charge in [-0.3, -0.25) is 9.59 Å². The van der Waals surface area contributed by atoms with Crippen molar-refractivity contribution in [2.45, 2.75) is 39.2 Å². The van der Waals surface area contributed by atoms with E-state index in [2.05, 4.69) is 15.4 Å². The number of amides is 2. The second-order valence-electron chi connectivity index (χ2n) is 6.21. The van der Waals surface area contributed by atoms with E-state index in [0.717, 1.165) is 18.5 Å². The molecule has 0 saturated carbocycles. The highest BCUT2D eigenvalue weighted by Gasteiger charge is 2.24. The van der Waals surface area contributed by atoms with Crippen LogP contribution in [0.15, 0.2) is 30.6 Å². The SMILES string of the molecule is CCc1c(C(=O)NC2CCN(C(C)=O)CC2)cnn1-c1ccccn1. The topological polar surface area (TPSA) is 80.1 Å². The van der Waals surface area contributed by atoms with Crippen LogP contribution in [0.2, 0.25) is 0 Å². The minimum atomic E-state index is -0.111. The van der Waals surface area contributed by atoms with Crippen molar-refractivity contribution < 1.29 is 9.59 Å². The van der Waals surface area contributed by atoms with Crippen LogP contribution >= 0.6 is 0 Å². The zero-order chi connectivity index (χ0) is 17.8. The number of piperidine rings is 1. The first kappa shape index (κ1) is 17.1. The number of rotatable bonds is 4. The summed E-state index contributed by atoms with van der Waals surface area (Å²) in [6.45, 7) is 4.96. The number of likely N-dealkylation sites (tertiary alicyclic amines) is 1. The fraction of sp³-hybridized carbons (Fsp3) is 0.444. The maximum Gasteiger partial charge on any atom is 0.254 e. The second kappa shape index (κ2) is 7.46. The lowest BCUT2D eigenvalue weighted by molar-refractivity contribution is -0.129. The molecule has 1 fully saturated rings. The molecule has 3 heterocycles. The molecule has 7 nitrogen and oxygen atoms in total. The Kier molecular flexibility index (Phi) is 5.11. The van der Waals surface area contributed by atoms with Crippen molar-refractivity contribution in [1.29, 1.82) is 0 Å². The van der Waals surface area contributed by atoms with Crippen LogP contribution in [0.3, 0.4) is 0 Å². The Balaban J connectivity index is 1.71. The fourth-order valence-electron chi connectivity index (χ4n) is 3.18. The number of nitrogens with one attached hydrogen (secondary N) is 1. The molecule has 7 heteroatoms. The molecule has 1 N–H and O–H groups in total. The van der Waals surface area contributed by atoms with Gasteiger partial charge < -0.3 is 10.2 Å². The molecule has 0 bridgehead atoms. The van der Waals surface area contributed by atoms with Gasteiger partial charge in [0.2, 0.25) is 5.91 Å². The van der Waals surface area contributed by atoms with E-state index in [0.29, 0.717) is 30.9 Å². The van der Waals surface area contributed by atoms with Crippen LogP contribution in [0.4, 0.5) is 0 Å². The maximum atomic E-state index is 12.7. The lowest BCUT2D eigenvalue weighted by Crippen LogP contribution is -2.46. The summed E-state index contributed by atoms with van der Waals surface area (Å²) >= 11 is 0. The minimum Gasteiger partial charge on any atom is -0.349 e. The van der Waals surface area contributed by atoms with Gasteiger partial charge in [-0.15, -0.1) is 0 Å². The summed E-state index contributed by atoms with van der Waals surface area (Å²) in [7, 11) is 0. The highest BCUT2D eigenvalue weighted by atomic mass is 16.2. The lowest BCUT2D eigenvalue weighted by Gasteiger charge is -2.31. The van der Waals surface area contributed by atoms with Crippen LogP contribution in [-0.2, 0) is 11.2 Å². The van der Waals surface area contributed by atoms with E-state index in [1.807, 2.05) is 30.0 Å². The molecule has 1 saturated heterocycles. The van der Waals surface area contributed by atoms with E-state index < -0.39 is 0 Å². The van der Waals surface area contributed by atoms with Gasteiger partial charge in [0.25, 0.3) is 5.91 Å². The van der Waals surface area contributed by atoms with Crippen molar-refractivity contribution in [2.24, 2.45) is 0 Å². The number of pyridine rings is 1. The predicted octanol–water partition coefficient (Wildman–Crippen LogP) is 1.57. The number of hydrogen-bond donors (Lipinski definition) is 1. The standard InChI is InChI=1S/C18H23N5O2/c1-3-16-15(12-20-23(16)17-6-4-5-9-19-17)18(25)21-14-7-10-22(11-8-14)13(2)24/h4-6,9,12,14H,3,7-8,10-11H2,1-2H3,(H,21,25). The number of carbonyl (C=O) groups excluding carboxylic acids is 2. The molecule has 2 aromatic heterocycles. The summed E-state index contributed by atoms with van der Waals surface area (Å²) in [5, 5.41) is 7.43. The largest absolute Gasteiger partial charge is 0.349 e. The Morgan fingerprint density at radius 3 is 2.64 bits per heavy atom. The van der Waals surface area contributed by atoms with Crippen LogP contribution in [-0.4, -0.2) is 50.6 Å². The van der Waals surface area contributed by atoms with E-state index in [1.165, 1.54) is 0 Å². The highest BCUT2D eigenvalue weighted by molar-refractivity contribution is 5.95. The van der Waals surface area contributed by atoms with Crippen LogP contribution in [0, 0.1) is 0 Å². The quantitative estimate of drug-likeness (QED) is 0.915. The van der Waals surface area contributed by atoms with Crippen LogP contribution in [0.1, 0.15) is 42.7 Å². The van der Waals surface area contributed by atoms with E-state index in [4.69, 9.17) is 0 Å². The van der Waals surface area contributed by atoms with E-state index in [9.17, 15) is 9.59 Å². The molecule has 2 amide bonds. The van der Waals surface area contributed by atoms with Gasteiger partial charge in [-0.2, -0.15) is 5.10 Å². The molecule has 0 aliphatic carbocycles. The van der Waals surface area contributed by atoms with Crippen molar-refractivity contribution in [2.75, 3.05) is 13.1 Å². The first-order valence-corrected chi connectivity index (χ1v) is 8.64. The molecule has 0 unspecified atom stereocenters. The zero-order valence-electron chi connectivity index (χ0n) is 14.6. The average Bonchev–Trinajstić information content (AvgIpc) is 3.07. The van der Waals surface area contributed by atoms with Gasteiger partial charge in [-0.25, -0.2) is 9.67 Å². The Labute approximate surface area is 147 Å². The summed E-state index contributed by atoms with van der Waals surface area (Å²) in [6, 6.07) is 5.70. The van der Waals surface area contributed by atoms with Gasteiger partial charge in [0.1, 0.15) is 0 Å². The molecule has 0 aromatic carbocycles. The van der Waals surface area contributed by atoms with Crippen molar-refractivity contribution in [3.05, 3.63) is 41.9 Å². The molecule has 132 valence electrons. The Morgan fingerprint density at radius 2 is 2.04 bits per heavy atom. The first-order valence-electron chi connectivity index (χ1n) is 8.64. The number of nitrogens with zero attached hydrogens (tertiary/aromatic N) is 4. The third kappa shape index (κ3) is 3.70. The predicted molar refractivity (Wildman–Crippen MR) is 93.5 cm³/mol. The molecule has 3 rings (SSSR count). The monoisotopic (exact) mass is 341 g/mol. The summed E-state index contributed by atoms with van der Waals surface area (Å²) in [5.41, 5.74) is 1.43. The van der Waals surface area contributed by atoms with Gasteiger partial charge in [0.05, 0.1) is 17.5 Å². The smallest absolute Gasteiger partial charge is 0.254 e. The Bertz CT molecular complexity index is 748. The van der Waals surface area contributed by atoms with Crippen molar-refractivity contribution in [1.82, 2.24) is 25.0 Å². The van der Waals surface area contributed by atoms with E-state index in [1.54, 1.807) is 24.0 Å². The third-order valence-electron chi connectivity index (χ3n) is 4.59. The fourth-order valence-corrected chi connectivity index (χ4v) is 3.18. The molecular weight excluding hydrogens is 318 g/mol. The molecule has 0 spiro atoms. The molecule has 0 radical (unpaired) electrons. The summed E-state index contributed by atoms with van der Waals surface area (Å²) in [5.74, 6) is 0.683. The lowest BCUT2D eigenvalue weighted by atomic mass is 10.0. The van der Waals surface area contributed by atoms with Crippen LogP contribution in [0.5, 0.6) is 0 Å². The summed E-state index contributed by atoms with van der Waals surface area (Å²) < 4.78 is 1.72. The van der Waals surface area contributed by atoms with Crippen molar-refractivity contribution in [3.8, 4) is 5.82 Å². The van der Waals surface area contributed by atoms with Crippen LogP contribution < -0.4 is 5.32 Å². The molecule has 1 aliphatic rings. The van der Waals surface area contributed by atoms with E-state index in [-0.39, 0.29) is 17.9 Å². The number of hydrogen-bond acceptors (Lipinski definition) is 4. The highest BCUT2D eigenvalue weighted by Crippen LogP contribution is 2.16. The Morgan fingerprint density at radius 1 is 1.28 bits per heavy atom. The van der Waals surface area contributed by atoms with Gasteiger partial charge in [0.15, 0.2) is 5.82 Å². The van der Waals surface area contributed by atoms with Gasteiger partial charge in [-0.1, -0.05) is 13.0 Å². The van der Waals surface area contributed by atoms with Crippen LogP contribution in [0.25, 0.3) is 5.82 Å². The van der Waals surface area contributed by atoms with Gasteiger partial charge >= 0.3 is 0 Å².